The van der Waals surface area contributed by atoms with E-state index in [4.69, 9.17) is 4.74 Å². The predicted molar refractivity (Wildman–Crippen MR) is 158 cm³/mol. The summed E-state index contributed by atoms with van der Waals surface area (Å²) in [6.45, 7) is 4.87. The van der Waals surface area contributed by atoms with Crippen molar-refractivity contribution in [2.75, 3.05) is 20.2 Å². The summed E-state index contributed by atoms with van der Waals surface area (Å²) in [4.78, 5) is 25.8. The minimum atomic E-state index is -1.90. The number of benzene rings is 3. The Morgan fingerprint density at radius 3 is 2.12 bits per heavy atom. The number of aliphatic hydroxyl groups excluding tert-OH is 1. The van der Waals surface area contributed by atoms with E-state index in [1.54, 1.807) is 19.2 Å². The van der Waals surface area contributed by atoms with Crippen LogP contribution in [0.2, 0.25) is 0 Å². The lowest BCUT2D eigenvalue weighted by atomic mass is 10.0. The highest BCUT2D eigenvalue weighted by Crippen LogP contribution is 2.22. The van der Waals surface area contributed by atoms with Crippen molar-refractivity contribution in [3.8, 4) is 5.75 Å². The van der Waals surface area contributed by atoms with Gasteiger partial charge in [-0.05, 0) is 97.5 Å². The molecule has 216 valence electrons. The van der Waals surface area contributed by atoms with Crippen molar-refractivity contribution in [3.05, 3.63) is 76.9 Å². The van der Waals surface area contributed by atoms with Crippen LogP contribution in [0.4, 0.5) is 0 Å². The summed E-state index contributed by atoms with van der Waals surface area (Å²) < 4.78 is 5.63. The molecule has 0 fully saturated rings. The summed E-state index contributed by atoms with van der Waals surface area (Å²) in [5.74, 6) is -1.72. The van der Waals surface area contributed by atoms with Gasteiger partial charge in [0.25, 0.3) is 5.91 Å². The molecule has 0 bridgehead atoms. The maximum absolute atomic E-state index is 12.9. The number of nitrogens with zero attached hydrogens (tertiary/aromatic N) is 1. The molecule has 0 radical (unpaired) electrons. The van der Waals surface area contributed by atoms with Gasteiger partial charge in [-0.2, -0.15) is 0 Å². The average molecular weight is 550 g/mol. The number of rotatable bonds is 16. The number of aliphatic hydroxyl groups is 1. The number of hydrogen-bond acceptors (Lipinski definition) is 5. The number of carbonyl (C=O) groups is 2. The molecule has 3 rings (SSSR count). The van der Waals surface area contributed by atoms with Crippen LogP contribution in [-0.4, -0.2) is 64.5 Å². The zero-order valence-corrected chi connectivity index (χ0v) is 23.9. The van der Waals surface area contributed by atoms with E-state index in [9.17, 15) is 24.9 Å². The highest BCUT2D eigenvalue weighted by Gasteiger charge is 2.34. The van der Waals surface area contributed by atoms with Crippen molar-refractivity contribution >= 4 is 22.6 Å². The third-order valence-corrected chi connectivity index (χ3v) is 7.49. The maximum Gasteiger partial charge on any atom is 0.335 e. The van der Waals surface area contributed by atoms with Gasteiger partial charge >= 0.3 is 5.97 Å². The molecule has 1 amide bonds. The number of aryl methyl sites for hydroxylation is 4. The number of phenols is 1. The van der Waals surface area contributed by atoms with Crippen LogP contribution in [0.3, 0.4) is 0 Å². The summed E-state index contributed by atoms with van der Waals surface area (Å²) >= 11 is 0. The highest BCUT2D eigenvalue weighted by atomic mass is 16.5. The first-order valence-electron chi connectivity index (χ1n) is 14.2. The molecule has 0 saturated carbocycles. The van der Waals surface area contributed by atoms with Crippen LogP contribution >= 0.6 is 0 Å². The molecule has 0 spiro atoms. The zero-order chi connectivity index (χ0) is 29.1. The van der Waals surface area contributed by atoms with Gasteiger partial charge in [0.1, 0.15) is 5.75 Å². The number of carboxylic acids is 1. The van der Waals surface area contributed by atoms with Gasteiger partial charge in [-0.1, -0.05) is 55.3 Å². The normalized spacial score (nSPS) is 12.8. The van der Waals surface area contributed by atoms with Crippen LogP contribution in [0.25, 0.3) is 10.8 Å². The molecule has 0 aliphatic rings. The molecule has 0 aliphatic carbocycles. The van der Waals surface area contributed by atoms with Crippen LogP contribution in [-0.2, 0) is 27.2 Å². The van der Waals surface area contributed by atoms with Crippen LogP contribution < -0.4 is 0 Å². The van der Waals surface area contributed by atoms with E-state index < -0.39 is 24.1 Å². The fourth-order valence-electron chi connectivity index (χ4n) is 4.82. The maximum atomic E-state index is 12.9. The smallest absolute Gasteiger partial charge is 0.335 e. The molecule has 3 N–H and O–H groups in total. The number of amides is 1. The number of ether oxygens (including phenoxy) is 1. The van der Waals surface area contributed by atoms with Gasteiger partial charge in [0.2, 0.25) is 0 Å². The lowest BCUT2D eigenvalue weighted by Crippen LogP contribution is -2.48. The number of carboxylic acid groups (broad SMARTS) is 1. The fourth-order valence-corrected chi connectivity index (χ4v) is 4.82. The second kappa shape index (κ2) is 15.4. The van der Waals surface area contributed by atoms with Gasteiger partial charge in [0.15, 0.2) is 12.2 Å². The second-order valence-electron chi connectivity index (χ2n) is 10.7. The monoisotopic (exact) mass is 549 g/mol. The third kappa shape index (κ3) is 9.35. The summed E-state index contributed by atoms with van der Waals surface area (Å²) in [6.07, 6.45) is 3.68. The Morgan fingerprint density at radius 1 is 0.800 bits per heavy atom. The average Bonchev–Trinajstić information content (AvgIpc) is 2.93. The Kier molecular flexibility index (Phi) is 12.0. The van der Waals surface area contributed by atoms with E-state index in [0.717, 1.165) is 55.7 Å². The van der Waals surface area contributed by atoms with Crippen molar-refractivity contribution < 1.29 is 29.6 Å². The molecule has 0 aliphatic heterocycles. The molecule has 40 heavy (non-hydrogen) atoms. The molecular weight excluding hydrogens is 506 g/mol. The molecule has 0 aromatic heterocycles. The van der Waals surface area contributed by atoms with Gasteiger partial charge in [-0.3, -0.25) is 4.79 Å². The number of unbranched alkanes of at least 4 members (excludes halogenated alkanes) is 4. The molecule has 2 atom stereocenters. The number of aliphatic carboxylic acids is 1. The molecule has 0 saturated heterocycles. The topological polar surface area (TPSA) is 107 Å². The van der Waals surface area contributed by atoms with Gasteiger partial charge < -0.3 is 25.0 Å². The Hall–Kier alpha value is -3.42. The lowest BCUT2D eigenvalue weighted by molar-refractivity contribution is -0.166. The van der Waals surface area contributed by atoms with Gasteiger partial charge in [0.05, 0.1) is 0 Å². The molecule has 2 unspecified atom stereocenters. The van der Waals surface area contributed by atoms with Gasteiger partial charge in [-0.25, -0.2) is 4.79 Å². The molecular formula is C33H43NO6. The summed E-state index contributed by atoms with van der Waals surface area (Å²) in [6, 6.07) is 18.0. The molecule has 0 heterocycles. The van der Waals surface area contributed by atoms with Crippen LogP contribution in [0.5, 0.6) is 5.75 Å². The third-order valence-electron chi connectivity index (χ3n) is 7.49. The van der Waals surface area contributed by atoms with Crippen molar-refractivity contribution in [1.82, 2.24) is 4.90 Å². The number of carbonyl (C=O) groups excluding carboxylic acids is 1. The summed E-state index contributed by atoms with van der Waals surface area (Å²) in [7, 11) is 1.62. The van der Waals surface area contributed by atoms with Crippen molar-refractivity contribution in [1.29, 1.82) is 0 Å². The van der Waals surface area contributed by atoms with E-state index in [-0.39, 0.29) is 12.4 Å². The van der Waals surface area contributed by atoms with E-state index in [0.29, 0.717) is 13.0 Å². The molecule has 3 aromatic carbocycles. The van der Waals surface area contributed by atoms with E-state index >= 15 is 0 Å². The Bertz CT molecular complexity index is 1270. The van der Waals surface area contributed by atoms with Crippen LogP contribution in [0.15, 0.2) is 54.6 Å². The molecule has 7 nitrogen and oxygen atoms in total. The lowest BCUT2D eigenvalue weighted by Gasteiger charge is -2.25. The van der Waals surface area contributed by atoms with Crippen LogP contribution in [0, 0.1) is 13.8 Å². The van der Waals surface area contributed by atoms with E-state index in [2.05, 4.69) is 44.2 Å². The predicted octanol–water partition coefficient (Wildman–Crippen LogP) is 5.58. The van der Waals surface area contributed by atoms with Gasteiger partial charge in [-0.15, -0.1) is 0 Å². The minimum Gasteiger partial charge on any atom is -0.508 e. The second-order valence-corrected chi connectivity index (χ2v) is 10.7. The molecule has 7 heteroatoms. The van der Waals surface area contributed by atoms with Gasteiger partial charge in [0, 0.05) is 20.2 Å². The SMILES string of the molecule is Cc1ccc(CCCCCOC(C(=O)N(C)CCCCCc2ccc3cc(O)ccc3c2)C(O)C(=O)O)cc1C. The van der Waals surface area contributed by atoms with Crippen molar-refractivity contribution in [3.63, 3.8) is 0 Å². The quantitative estimate of drug-likeness (QED) is 0.202. The summed E-state index contributed by atoms with van der Waals surface area (Å²) in [5, 5.41) is 31.2. The Morgan fingerprint density at radius 2 is 1.43 bits per heavy atom. The van der Waals surface area contributed by atoms with Crippen molar-refractivity contribution in [2.45, 2.75) is 77.4 Å². The zero-order valence-electron chi connectivity index (χ0n) is 23.9. The summed E-state index contributed by atoms with van der Waals surface area (Å²) in [5.41, 5.74) is 5.06. The first-order valence-corrected chi connectivity index (χ1v) is 14.2. The largest absolute Gasteiger partial charge is 0.508 e. The van der Waals surface area contributed by atoms with E-state index in [1.165, 1.54) is 27.2 Å². The van der Waals surface area contributed by atoms with E-state index in [1.807, 2.05) is 12.1 Å². The molecule has 3 aromatic rings. The van der Waals surface area contributed by atoms with Crippen LogP contribution in [0.1, 0.15) is 60.8 Å². The first kappa shape index (κ1) is 31.1. The minimum absolute atomic E-state index is 0.215. The number of hydrogen-bond donors (Lipinski definition) is 3. The number of likely N-dealkylation sites (N-methyl/N-ethyl adjacent to an activating group) is 1. The number of phenolic OH excluding ortho intramolecular Hbond substituents is 1. The standard InChI is InChI=1S/C33H43NO6/c1-23-12-13-25(20-24(23)2)10-7-5-9-19-40-31(30(36)33(38)39)32(37)34(3)18-8-4-6-11-26-14-15-28-22-29(35)17-16-27(28)21-26/h12-17,20-22,30-31,35-36H,4-11,18-19H2,1-3H3,(H,38,39). The number of aromatic hydroxyl groups is 1. The number of fused-ring (bicyclic) bond motifs is 1. The Balaban J connectivity index is 1.38. The van der Waals surface area contributed by atoms with Crippen molar-refractivity contribution in [2.24, 2.45) is 0 Å². The first-order chi connectivity index (χ1) is 19.2. The highest BCUT2D eigenvalue weighted by molar-refractivity contribution is 5.88. The Labute approximate surface area is 237 Å². The fraction of sp³-hybridized carbons (Fsp3) is 0.455.